The Hall–Kier alpha value is -2.36. The molecule has 0 saturated carbocycles. The van der Waals surface area contributed by atoms with Crippen LogP contribution < -0.4 is 9.47 Å². The van der Waals surface area contributed by atoms with Crippen LogP contribution in [0.5, 0.6) is 11.5 Å². The van der Waals surface area contributed by atoms with Crippen molar-refractivity contribution in [2.75, 3.05) is 6.61 Å². The molecule has 1 unspecified atom stereocenters. The molecule has 0 fully saturated rings. The van der Waals surface area contributed by atoms with Gasteiger partial charge in [0.05, 0.1) is 6.61 Å². The molecule has 21 heavy (non-hydrogen) atoms. The van der Waals surface area contributed by atoms with Crippen molar-refractivity contribution in [2.45, 2.75) is 20.0 Å². The van der Waals surface area contributed by atoms with Gasteiger partial charge in [0.15, 0.2) is 6.10 Å². The van der Waals surface area contributed by atoms with Crippen molar-refractivity contribution in [3.8, 4) is 11.5 Å². The highest BCUT2D eigenvalue weighted by molar-refractivity contribution is 5.99. The van der Waals surface area contributed by atoms with Gasteiger partial charge in [0, 0.05) is 11.6 Å². The molecule has 0 spiro atoms. The summed E-state index contributed by atoms with van der Waals surface area (Å²) in [6, 6.07) is 12.5. The summed E-state index contributed by atoms with van der Waals surface area (Å²) >= 11 is 0. The Bertz CT molecular complexity index is 608. The van der Waals surface area contributed by atoms with Crippen molar-refractivity contribution in [3.63, 3.8) is 0 Å². The van der Waals surface area contributed by atoms with Gasteiger partial charge >= 0.3 is 0 Å². The number of hydrogen-bond acceptors (Lipinski definition) is 3. The summed E-state index contributed by atoms with van der Waals surface area (Å²) in [4.78, 5) is 12.2. The van der Waals surface area contributed by atoms with E-state index >= 15 is 0 Å². The zero-order chi connectivity index (χ0) is 15.2. The van der Waals surface area contributed by atoms with Crippen molar-refractivity contribution in [1.29, 1.82) is 0 Å². The molecular formula is C17H17FO3. The lowest BCUT2D eigenvalue weighted by atomic mass is 10.1. The molecule has 0 aromatic heterocycles. The Kier molecular flexibility index (Phi) is 4.93. The fourth-order valence-corrected chi connectivity index (χ4v) is 1.91. The van der Waals surface area contributed by atoms with Gasteiger partial charge in [0.1, 0.15) is 17.3 Å². The van der Waals surface area contributed by atoms with Crippen molar-refractivity contribution < 1.29 is 18.7 Å². The first kappa shape index (κ1) is 15.0. The van der Waals surface area contributed by atoms with E-state index in [1.165, 1.54) is 24.3 Å². The smallest absolute Gasteiger partial charge is 0.202 e. The summed E-state index contributed by atoms with van der Waals surface area (Å²) in [5.41, 5.74) is 0.421. The maximum Gasteiger partial charge on any atom is 0.202 e. The Morgan fingerprint density at radius 3 is 2.48 bits per heavy atom. The normalized spacial score (nSPS) is 11.8. The number of Topliss-reactive ketones (excluding diaryl/α,β-unsaturated/α-hetero) is 1. The monoisotopic (exact) mass is 288 g/mol. The molecule has 0 heterocycles. The van der Waals surface area contributed by atoms with Gasteiger partial charge in [-0.2, -0.15) is 0 Å². The molecule has 3 nitrogen and oxygen atoms in total. The quantitative estimate of drug-likeness (QED) is 0.757. The third kappa shape index (κ3) is 4.05. The first-order valence-electron chi connectivity index (χ1n) is 6.79. The second-order valence-electron chi connectivity index (χ2n) is 4.54. The first-order valence-corrected chi connectivity index (χ1v) is 6.79. The molecule has 0 bridgehead atoms. The van der Waals surface area contributed by atoms with Crippen LogP contribution in [-0.2, 0) is 0 Å². The van der Waals surface area contributed by atoms with Crippen molar-refractivity contribution in [3.05, 3.63) is 59.9 Å². The predicted octanol–water partition coefficient (Wildman–Crippen LogP) is 3.87. The van der Waals surface area contributed by atoms with E-state index in [2.05, 4.69) is 0 Å². The molecule has 0 aliphatic carbocycles. The second-order valence-corrected chi connectivity index (χ2v) is 4.54. The maximum absolute atomic E-state index is 12.9. The number of ketones is 1. The lowest BCUT2D eigenvalue weighted by molar-refractivity contribution is 0.0817. The molecule has 0 saturated heterocycles. The molecule has 0 radical (unpaired) electrons. The van der Waals surface area contributed by atoms with Gasteiger partial charge < -0.3 is 9.47 Å². The predicted molar refractivity (Wildman–Crippen MR) is 78.4 cm³/mol. The van der Waals surface area contributed by atoms with Crippen LogP contribution in [0, 0.1) is 5.82 Å². The molecule has 1 atom stereocenters. The molecule has 0 aliphatic heterocycles. The summed E-state index contributed by atoms with van der Waals surface area (Å²) in [6.45, 7) is 4.13. The SMILES string of the molecule is CCOc1cccc(OC(C)C(=O)c2ccc(F)cc2)c1. The Morgan fingerprint density at radius 2 is 1.81 bits per heavy atom. The van der Waals surface area contributed by atoms with Crippen molar-refractivity contribution in [1.82, 2.24) is 0 Å². The summed E-state index contributed by atoms with van der Waals surface area (Å²) in [5, 5.41) is 0. The molecule has 2 aromatic carbocycles. The average Bonchev–Trinajstić information content (AvgIpc) is 2.48. The molecule has 0 N–H and O–H groups in total. The molecule has 2 rings (SSSR count). The van der Waals surface area contributed by atoms with Crippen LogP contribution in [0.15, 0.2) is 48.5 Å². The van der Waals surface area contributed by atoms with Gasteiger partial charge in [-0.25, -0.2) is 4.39 Å². The van der Waals surface area contributed by atoms with E-state index in [-0.39, 0.29) is 11.6 Å². The second kappa shape index (κ2) is 6.88. The summed E-state index contributed by atoms with van der Waals surface area (Å²) in [6.07, 6.45) is -0.660. The third-order valence-corrected chi connectivity index (χ3v) is 2.93. The lowest BCUT2D eigenvalue weighted by Crippen LogP contribution is -2.23. The summed E-state index contributed by atoms with van der Waals surface area (Å²) < 4.78 is 23.9. The number of carbonyl (C=O) groups excluding carboxylic acids is 1. The Morgan fingerprint density at radius 1 is 1.14 bits per heavy atom. The van der Waals surface area contributed by atoms with Crippen molar-refractivity contribution >= 4 is 5.78 Å². The Balaban J connectivity index is 2.06. The third-order valence-electron chi connectivity index (χ3n) is 2.93. The molecule has 0 amide bonds. The van der Waals surface area contributed by atoms with E-state index in [0.717, 1.165) is 0 Å². The fraction of sp³-hybridized carbons (Fsp3) is 0.235. The van der Waals surface area contributed by atoms with Gasteiger partial charge in [-0.3, -0.25) is 4.79 Å². The van der Waals surface area contributed by atoms with E-state index in [1.807, 2.05) is 13.0 Å². The summed E-state index contributed by atoms with van der Waals surface area (Å²) in [5.74, 6) is 0.682. The highest BCUT2D eigenvalue weighted by Gasteiger charge is 2.17. The van der Waals surface area contributed by atoms with Gasteiger partial charge in [-0.15, -0.1) is 0 Å². The van der Waals surface area contributed by atoms with E-state index < -0.39 is 6.10 Å². The van der Waals surface area contributed by atoms with E-state index in [4.69, 9.17) is 9.47 Å². The minimum absolute atomic E-state index is 0.197. The van der Waals surface area contributed by atoms with Crippen LogP contribution in [0.25, 0.3) is 0 Å². The van der Waals surface area contributed by atoms with E-state index in [0.29, 0.717) is 23.7 Å². The maximum atomic E-state index is 12.9. The average molecular weight is 288 g/mol. The van der Waals surface area contributed by atoms with Crippen LogP contribution in [-0.4, -0.2) is 18.5 Å². The number of ether oxygens (including phenoxy) is 2. The fourth-order valence-electron chi connectivity index (χ4n) is 1.91. The number of halogens is 1. The first-order chi connectivity index (χ1) is 10.1. The minimum Gasteiger partial charge on any atom is -0.494 e. The molecule has 4 heteroatoms. The number of carbonyl (C=O) groups is 1. The lowest BCUT2D eigenvalue weighted by Gasteiger charge is -2.14. The van der Waals surface area contributed by atoms with Crippen LogP contribution in [0.1, 0.15) is 24.2 Å². The molecule has 110 valence electrons. The van der Waals surface area contributed by atoms with Gasteiger partial charge in [-0.1, -0.05) is 6.07 Å². The number of benzene rings is 2. The van der Waals surface area contributed by atoms with Gasteiger partial charge in [-0.05, 0) is 50.2 Å². The van der Waals surface area contributed by atoms with E-state index in [1.54, 1.807) is 25.1 Å². The van der Waals surface area contributed by atoms with Gasteiger partial charge in [0.25, 0.3) is 0 Å². The van der Waals surface area contributed by atoms with Crippen molar-refractivity contribution in [2.24, 2.45) is 0 Å². The molecular weight excluding hydrogens is 271 g/mol. The van der Waals surface area contributed by atoms with E-state index in [9.17, 15) is 9.18 Å². The Labute approximate surface area is 123 Å². The highest BCUT2D eigenvalue weighted by Crippen LogP contribution is 2.21. The summed E-state index contributed by atoms with van der Waals surface area (Å²) in [7, 11) is 0. The van der Waals surface area contributed by atoms with Crippen LogP contribution >= 0.6 is 0 Å². The number of hydrogen-bond donors (Lipinski definition) is 0. The highest BCUT2D eigenvalue weighted by atomic mass is 19.1. The standard InChI is InChI=1S/C17H17FO3/c1-3-20-15-5-4-6-16(11-15)21-12(2)17(19)13-7-9-14(18)10-8-13/h4-12H,3H2,1-2H3. The van der Waals surface area contributed by atoms with Crippen LogP contribution in [0.4, 0.5) is 4.39 Å². The number of rotatable bonds is 6. The minimum atomic E-state index is -0.660. The molecule has 0 aliphatic rings. The van der Waals surface area contributed by atoms with Crippen LogP contribution in [0.3, 0.4) is 0 Å². The topological polar surface area (TPSA) is 35.5 Å². The zero-order valence-electron chi connectivity index (χ0n) is 12.0. The van der Waals surface area contributed by atoms with Gasteiger partial charge in [0.2, 0.25) is 5.78 Å². The largest absolute Gasteiger partial charge is 0.494 e. The zero-order valence-corrected chi connectivity index (χ0v) is 12.0. The molecule has 2 aromatic rings. The van der Waals surface area contributed by atoms with Crippen LogP contribution in [0.2, 0.25) is 0 Å².